The summed E-state index contributed by atoms with van der Waals surface area (Å²) in [4.78, 5) is 19.2. The van der Waals surface area contributed by atoms with Crippen molar-refractivity contribution in [3.63, 3.8) is 0 Å². The summed E-state index contributed by atoms with van der Waals surface area (Å²) in [6.07, 6.45) is 4.86. The first-order chi connectivity index (χ1) is 12.8. The molecule has 134 valence electrons. The minimum atomic E-state index is -0.0430. The fraction of sp³-hybridized carbons (Fsp3) is 0.316. The standard InChI is InChI=1S/C19H21N5OS/c25-19(24-11-5-4-8-17(24)16-9-10-21-23-16)20-12-15-13-26-18(22-15)14-6-2-1-3-7-14/h1-3,6-7,9-10,13,17H,4-5,8,11-12H2,(H,20,25)(H,21,23). The number of amides is 2. The number of hydrogen-bond donors (Lipinski definition) is 2. The molecule has 7 heteroatoms. The summed E-state index contributed by atoms with van der Waals surface area (Å²) < 4.78 is 0. The zero-order valence-corrected chi connectivity index (χ0v) is 15.2. The maximum atomic E-state index is 12.7. The number of aromatic nitrogens is 3. The van der Waals surface area contributed by atoms with Gasteiger partial charge in [-0.15, -0.1) is 11.3 Å². The summed E-state index contributed by atoms with van der Waals surface area (Å²) in [6.45, 7) is 1.20. The van der Waals surface area contributed by atoms with Gasteiger partial charge in [0.2, 0.25) is 0 Å². The molecule has 0 bridgehead atoms. The average molecular weight is 367 g/mol. The van der Waals surface area contributed by atoms with Gasteiger partial charge in [0.25, 0.3) is 0 Å². The molecule has 1 aromatic carbocycles. The highest BCUT2D eigenvalue weighted by Gasteiger charge is 2.28. The van der Waals surface area contributed by atoms with Crippen molar-refractivity contribution in [1.82, 2.24) is 25.4 Å². The van der Waals surface area contributed by atoms with Crippen LogP contribution >= 0.6 is 11.3 Å². The van der Waals surface area contributed by atoms with Crippen LogP contribution in [0.3, 0.4) is 0 Å². The van der Waals surface area contributed by atoms with E-state index < -0.39 is 0 Å². The Bertz CT molecular complexity index is 846. The van der Waals surface area contributed by atoms with Gasteiger partial charge in [-0.1, -0.05) is 30.3 Å². The maximum absolute atomic E-state index is 12.7. The largest absolute Gasteiger partial charge is 0.332 e. The van der Waals surface area contributed by atoms with Crippen LogP contribution < -0.4 is 5.32 Å². The molecular formula is C19H21N5OS. The zero-order chi connectivity index (χ0) is 17.8. The Balaban J connectivity index is 1.40. The second kappa shape index (κ2) is 7.70. The lowest BCUT2D eigenvalue weighted by molar-refractivity contribution is 0.149. The van der Waals surface area contributed by atoms with Gasteiger partial charge in [0, 0.05) is 23.7 Å². The molecule has 0 radical (unpaired) electrons. The quantitative estimate of drug-likeness (QED) is 0.733. The van der Waals surface area contributed by atoms with Crippen LogP contribution in [0.25, 0.3) is 10.6 Å². The van der Waals surface area contributed by atoms with Crippen molar-refractivity contribution >= 4 is 17.4 Å². The fourth-order valence-corrected chi connectivity index (χ4v) is 4.15. The van der Waals surface area contributed by atoms with E-state index in [1.807, 2.05) is 46.7 Å². The maximum Gasteiger partial charge on any atom is 0.318 e. The van der Waals surface area contributed by atoms with Crippen LogP contribution in [0.5, 0.6) is 0 Å². The van der Waals surface area contributed by atoms with E-state index in [2.05, 4.69) is 20.5 Å². The molecule has 1 fully saturated rings. The second-order valence-electron chi connectivity index (χ2n) is 6.39. The Morgan fingerprint density at radius 2 is 2.15 bits per heavy atom. The molecule has 2 N–H and O–H groups in total. The molecule has 3 aromatic rings. The molecule has 1 aliphatic rings. The smallest absolute Gasteiger partial charge is 0.318 e. The van der Waals surface area contributed by atoms with Crippen LogP contribution in [-0.2, 0) is 6.54 Å². The number of thiazole rings is 1. The molecule has 0 spiro atoms. The highest BCUT2D eigenvalue weighted by molar-refractivity contribution is 7.13. The number of H-pyrrole nitrogens is 1. The topological polar surface area (TPSA) is 73.9 Å². The number of likely N-dealkylation sites (tertiary alicyclic amines) is 1. The Morgan fingerprint density at radius 1 is 1.27 bits per heavy atom. The number of hydrogen-bond acceptors (Lipinski definition) is 4. The van der Waals surface area contributed by atoms with Gasteiger partial charge in [-0.2, -0.15) is 5.10 Å². The number of rotatable bonds is 4. The lowest BCUT2D eigenvalue weighted by Gasteiger charge is -2.35. The third kappa shape index (κ3) is 3.62. The third-order valence-electron chi connectivity index (χ3n) is 4.64. The van der Waals surface area contributed by atoms with Gasteiger partial charge in [0.15, 0.2) is 0 Å². The molecule has 0 aliphatic carbocycles. The molecule has 0 saturated carbocycles. The first-order valence-corrected chi connectivity index (χ1v) is 9.73. The summed E-state index contributed by atoms with van der Waals surface area (Å²) >= 11 is 1.60. The van der Waals surface area contributed by atoms with E-state index in [0.29, 0.717) is 6.54 Å². The molecule has 1 unspecified atom stereocenters. The molecule has 1 aliphatic heterocycles. The predicted molar refractivity (Wildman–Crippen MR) is 102 cm³/mol. The van der Waals surface area contributed by atoms with Crippen LogP contribution in [-0.4, -0.2) is 32.7 Å². The van der Waals surface area contributed by atoms with Gasteiger partial charge < -0.3 is 10.2 Å². The molecule has 4 rings (SSSR count). The van der Waals surface area contributed by atoms with E-state index in [-0.39, 0.29) is 12.1 Å². The Hall–Kier alpha value is -2.67. The molecule has 2 amide bonds. The monoisotopic (exact) mass is 367 g/mol. The molecule has 26 heavy (non-hydrogen) atoms. The highest BCUT2D eigenvalue weighted by Crippen LogP contribution is 2.29. The fourth-order valence-electron chi connectivity index (χ4n) is 3.32. The van der Waals surface area contributed by atoms with E-state index in [1.54, 1.807) is 17.5 Å². The summed E-state index contributed by atoms with van der Waals surface area (Å²) in [5.74, 6) is 0. The third-order valence-corrected chi connectivity index (χ3v) is 5.58. The van der Waals surface area contributed by atoms with E-state index in [1.165, 1.54) is 0 Å². The Labute approximate surface area is 156 Å². The lowest BCUT2D eigenvalue weighted by atomic mass is 10.00. The van der Waals surface area contributed by atoms with Crippen molar-refractivity contribution in [2.75, 3.05) is 6.54 Å². The van der Waals surface area contributed by atoms with E-state index in [0.717, 1.165) is 47.8 Å². The molecule has 2 aromatic heterocycles. The Morgan fingerprint density at radius 3 is 2.96 bits per heavy atom. The summed E-state index contributed by atoms with van der Waals surface area (Å²) in [7, 11) is 0. The first kappa shape index (κ1) is 16.8. The van der Waals surface area contributed by atoms with Crippen LogP contribution in [0.15, 0.2) is 48.0 Å². The van der Waals surface area contributed by atoms with Crippen molar-refractivity contribution in [3.8, 4) is 10.6 Å². The zero-order valence-electron chi connectivity index (χ0n) is 14.4. The van der Waals surface area contributed by atoms with E-state index in [4.69, 9.17) is 0 Å². The number of carbonyl (C=O) groups excluding carboxylic acids is 1. The first-order valence-electron chi connectivity index (χ1n) is 8.85. The van der Waals surface area contributed by atoms with Crippen molar-refractivity contribution in [3.05, 3.63) is 59.4 Å². The number of benzene rings is 1. The van der Waals surface area contributed by atoms with Gasteiger partial charge in [0.1, 0.15) is 5.01 Å². The van der Waals surface area contributed by atoms with Crippen molar-refractivity contribution in [2.45, 2.75) is 31.8 Å². The van der Waals surface area contributed by atoms with Crippen molar-refractivity contribution in [1.29, 1.82) is 0 Å². The van der Waals surface area contributed by atoms with E-state index >= 15 is 0 Å². The predicted octanol–water partition coefficient (Wildman–Crippen LogP) is 3.97. The van der Waals surface area contributed by atoms with Gasteiger partial charge in [-0.3, -0.25) is 5.10 Å². The number of carbonyl (C=O) groups is 1. The number of urea groups is 1. The Kier molecular flexibility index (Phi) is 4.97. The molecule has 3 heterocycles. The van der Waals surface area contributed by atoms with Gasteiger partial charge >= 0.3 is 6.03 Å². The normalized spacial score (nSPS) is 17.2. The summed E-state index contributed by atoms with van der Waals surface area (Å²) in [6, 6.07) is 12.1. The number of aromatic amines is 1. The van der Waals surface area contributed by atoms with Gasteiger partial charge in [-0.05, 0) is 25.3 Å². The number of piperidine rings is 1. The second-order valence-corrected chi connectivity index (χ2v) is 7.24. The van der Waals surface area contributed by atoms with E-state index in [9.17, 15) is 4.79 Å². The average Bonchev–Trinajstić information content (AvgIpc) is 3.39. The molecule has 1 saturated heterocycles. The minimum absolute atomic E-state index is 0.0430. The molecule has 1 atom stereocenters. The van der Waals surface area contributed by atoms with Crippen LogP contribution in [0, 0.1) is 0 Å². The van der Waals surface area contributed by atoms with Crippen molar-refractivity contribution < 1.29 is 4.79 Å². The van der Waals surface area contributed by atoms with Crippen LogP contribution in [0.2, 0.25) is 0 Å². The van der Waals surface area contributed by atoms with Gasteiger partial charge in [-0.25, -0.2) is 9.78 Å². The van der Waals surface area contributed by atoms with Crippen molar-refractivity contribution in [2.24, 2.45) is 0 Å². The lowest BCUT2D eigenvalue weighted by Crippen LogP contribution is -2.44. The van der Waals surface area contributed by atoms with Gasteiger partial charge in [0.05, 0.1) is 24.0 Å². The van der Waals surface area contributed by atoms with Crippen LogP contribution in [0.4, 0.5) is 4.79 Å². The summed E-state index contributed by atoms with van der Waals surface area (Å²) in [5.41, 5.74) is 2.99. The minimum Gasteiger partial charge on any atom is -0.332 e. The molecule has 6 nitrogen and oxygen atoms in total. The summed E-state index contributed by atoms with van der Waals surface area (Å²) in [5, 5.41) is 13.0. The number of nitrogens with zero attached hydrogens (tertiary/aromatic N) is 3. The number of nitrogens with one attached hydrogen (secondary N) is 2. The highest BCUT2D eigenvalue weighted by atomic mass is 32.1. The SMILES string of the molecule is O=C(NCc1csc(-c2ccccc2)n1)N1CCCCC1c1ccn[nH]1. The molecular weight excluding hydrogens is 346 g/mol. The van der Waals surface area contributed by atoms with Crippen LogP contribution in [0.1, 0.15) is 36.7 Å².